The first-order chi connectivity index (χ1) is 14.0. The number of aromatic hydroxyl groups is 1. The Morgan fingerprint density at radius 2 is 1.97 bits per heavy atom. The van der Waals surface area contributed by atoms with Crippen LogP contribution in [0.5, 0.6) is 11.5 Å². The molecule has 0 spiro atoms. The number of benzene rings is 2. The normalized spacial score (nSPS) is 10.6. The highest BCUT2D eigenvalue weighted by molar-refractivity contribution is 6.31. The van der Waals surface area contributed by atoms with Gasteiger partial charge in [-0.25, -0.2) is 14.2 Å². The Kier molecular flexibility index (Phi) is 6.67. The van der Waals surface area contributed by atoms with Crippen LogP contribution in [0.15, 0.2) is 54.6 Å². The number of pyridine rings is 1. The summed E-state index contributed by atoms with van der Waals surface area (Å²) in [6.07, 6.45) is 0.328. The third kappa shape index (κ3) is 5.45. The molecule has 29 heavy (non-hydrogen) atoms. The van der Waals surface area contributed by atoms with Gasteiger partial charge in [0.05, 0.1) is 11.6 Å². The van der Waals surface area contributed by atoms with Gasteiger partial charge in [0.2, 0.25) is 0 Å². The molecule has 0 aliphatic carbocycles. The number of hydrogen-bond acceptors (Lipinski definition) is 5. The molecule has 150 valence electrons. The Balaban J connectivity index is 1.80. The summed E-state index contributed by atoms with van der Waals surface area (Å²) < 4.78 is 24.0. The Morgan fingerprint density at radius 1 is 1.14 bits per heavy atom. The fraction of sp³-hybridized carbons (Fsp3) is 0.182. The monoisotopic (exact) mass is 415 g/mol. The lowest BCUT2D eigenvalue weighted by Crippen LogP contribution is -2.08. The molecule has 3 rings (SSSR count). The SMILES string of the molecule is CCOC(=O)c1cccc(Cc2cc(O)ccc2OCc2ccc(F)cc2Cl)n1. The molecule has 0 fully saturated rings. The molecule has 5 nitrogen and oxygen atoms in total. The molecule has 0 saturated carbocycles. The van der Waals surface area contributed by atoms with E-state index in [1.165, 1.54) is 18.2 Å². The number of rotatable bonds is 7. The number of carbonyl (C=O) groups excluding carboxylic acids is 1. The van der Waals surface area contributed by atoms with E-state index < -0.39 is 11.8 Å². The van der Waals surface area contributed by atoms with E-state index >= 15 is 0 Å². The third-order valence-electron chi connectivity index (χ3n) is 4.11. The van der Waals surface area contributed by atoms with Crippen molar-refractivity contribution in [3.05, 3.63) is 88.0 Å². The van der Waals surface area contributed by atoms with E-state index in [0.29, 0.717) is 29.0 Å². The van der Waals surface area contributed by atoms with Crippen molar-refractivity contribution in [3.63, 3.8) is 0 Å². The van der Waals surface area contributed by atoms with Gasteiger partial charge in [0, 0.05) is 23.2 Å². The molecule has 0 atom stereocenters. The van der Waals surface area contributed by atoms with E-state index in [1.807, 2.05) is 0 Å². The zero-order valence-electron chi connectivity index (χ0n) is 15.7. The summed E-state index contributed by atoms with van der Waals surface area (Å²) in [4.78, 5) is 16.2. The molecule has 0 aliphatic heterocycles. The van der Waals surface area contributed by atoms with Crippen LogP contribution in [0.4, 0.5) is 4.39 Å². The Hall–Kier alpha value is -3.12. The van der Waals surface area contributed by atoms with E-state index in [4.69, 9.17) is 21.1 Å². The zero-order chi connectivity index (χ0) is 20.8. The predicted octanol–water partition coefficient (Wildman–Crippen LogP) is 4.93. The van der Waals surface area contributed by atoms with E-state index in [2.05, 4.69) is 4.98 Å². The number of ether oxygens (including phenoxy) is 2. The average molecular weight is 416 g/mol. The molecule has 0 aliphatic rings. The van der Waals surface area contributed by atoms with Gasteiger partial charge in [0.15, 0.2) is 0 Å². The standard InChI is InChI=1S/C22H19ClFNO4/c1-2-28-22(27)20-5-3-4-17(25-20)10-15-11-18(26)8-9-21(15)29-13-14-6-7-16(24)12-19(14)23/h3-9,11-12,26H,2,10,13H2,1H3. The molecule has 7 heteroatoms. The summed E-state index contributed by atoms with van der Waals surface area (Å²) in [5.41, 5.74) is 2.14. The lowest BCUT2D eigenvalue weighted by Gasteiger charge is -2.13. The molecular weight excluding hydrogens is 397 g/mol. The topological polar surface area (TPSA) is 68.7 Å². The average Bonchev–Trinajstić information content (AvgIpc) is 2.69. The van der Waals surface area contributed by atoms with Crippen LogP contribution < -0.4 is 4.74 Å². The lowest BCUT2D eigenvalue weighted by atomic mass is 10.1. The number of phenolic OH excluding ortho intramolecular Hbond substituents is 1. The number of esters is 1. The first kappa shape index (κ1) is 20.6. The molecule has 1 N–H and O–H groups in total. The van der Waals surface area contributed by atoms with Gasteiger partial charge in [-0.15, -0.1) is 0 Å². The quantitative estimate of drug-likeness (QED) is 0.554. The van der Waals surface area contributed by atoms with Crippen molar-refractivity contribution < 1.29 is 23.8 Å². The summed E-state index contributed by atoms with van der Waals surface area (Å²) >= 11 is 6.05. The van der Waals surface area contributed by atoms with Gasteiger partial charge >= 0.3 is 5.97 Å². The van der Waals surface area contributed by atoms with Crippen LogP contribution in [0, 0.1) is 5.82 Å². The van der Waals surface area contributed by atoms with Gasteiger partial charge in [-0.2, -0.15) is 0 Å². The number of hydrogen-bond donors (Lipinski definition) is 1. The van der Waals surface area contributed by atoms with Crippen molar-refractivity contribution in [2.45, 2.75) is 20.0 Å². The maximum atomic E-state index is 13.2. The molecule has 0 radical (unpaired) electrons. The molecule has 2 aromatic carbocycles. The van der Waals surface area contributed by atoms with Crippen LogP contribution in [0.2, 0.25) is 5.02 Å². The van der Waals surface area contributed by atoms with Crippen molar-refractivity contribution >= 4 is 17.6 Å². The number of aromatic nitrogens is 1. The van der Waals surface area contributed by atoms with Crippen molar-refractivity contribution in [2.24, 2.45) is 0 Å². The number of nitrogens with zero attached hydrogens (tertiary/aromatic N) is 1. The van der Waals surface area contributed by atoms with E-state index in [-0.39, 0.29) is 29.7 Å². The number of halogens is 2. The summed E-state index contributed by atoms with van der Waals surface area (Å²) in [6.45, 7) is 2.12. The minimum atomic E-state index is -0.493. The number of phenols is 1. The predicted molar refractivity (Wildman–Crippen MR) is 107 cm³/mol. The van der Waals surface area contributed by atoms with Gasteiger partial charge in [0.1, 0.15) is 29.6 Å². The van der Waals surface area contributed by atoms with Crippen LogP contribution in [-0.2, 0) is 17.8 Å². The second kappa shape index (κ2) is 9.39. The molecule has 1 heterocycles. The second-order valence-electron chi connectivity index (χ2n) is 6.23. The number of carbonyl (C=O) groups is 1. The van der Waals surface area contributed by atoms with Gasteiger partial charge in [0.25, 0.3) is 0 Å². The van der Waals surface area contributed by atoms with Crippen molar-refractivity contribution in [2.75, 3.05) is 6.61 Å². The van der Waals surface area contributed by atoms with Crippen molar-refractivity contribution in [3.8, 4) is 11.5 Å². The fourth-order valence-corrected chi connectivity index (χ4v) is 2.95. The molecule has 1 aromatic heterocycles. The van der Waals surface area contributed by atoms with Crippen LogP contribution in [0.25, 0.3) is 0 Å². The van der Waals surface area contributed by atoms with E-state index in [1.54, 1.807) is 43.3 Å². The van der Waals surface area contributed by atoms with Crippen LogP contribution >= 0.6 is 11.6 Å². The summed E-state index contributed by atoms with van der Waals surface area (Å²) in [6, 6.07) is 13.9. The molecule has 0 saturated heterocycles. The first-order valence-electron chi connectivity index (χ1n) is 8.98. The van der Waals surface area contributed by atoms with Gasteiger partial charge in [-0.1, -0.05) is 23.7 Å². The van der Waals surface area contributed by atoms with Crippen LogP contribution in [-0.4, -0.2) is 22.7 Å². The molecule has 0 unspecified atom stereocenters. The molecule has 3 aromatic rings. The first-order valence-corrected chi connectivity index (χ1v) is 9.35. The van der Waals surface area contributed by atoms with Gasteiger partial charge in [-0.05, 0) is 49.4 Å². The van der Waals surface area contributed by atoms with Gasteiger partial charge < -0.3 is 14.6 Å². The van der Waals surface area contributed by atoms with Crippen molar-refractivity contribution in [1.82, 2.24) is 4.98 Å². The fourth-order valence-electron chi connectivity index (χ4n) is 2.73. The Morgan fingerprint density at radius 3 is 2.72 bits per heavy atom. The summed E-state index contributed by atoms with van der Waals surface area (Å²) in [7, 11) is 0. The minimum Gasteiger partial charge on any atom is -0.508 e. The summed E-state index contributed by atoms with van der Waals surface area (Å²) in [5, 5.41) is 10.1. The van der Waals surface area contributed by atoms with Crippen LogP contribution in [0.1, 0.15) is 34.2 Å². The highest BCUT2D eigenvalue weighted by Gasteiger charge is 2.12. The highest BCUT2D eigenvalue weighted by Crippen LogP contribution is 2.27. The molecular formula is C22H19ClFNO4. The van der Waals surface area contributed by atoms with E-state index in [0.717, 1.165) is 0 Å². The second-order valence-corrected chi connectivity index (χ2v) is 6.64. The third-order valence-corrected chi connectivity index (χ3v) is 4.46. The highest BCUT2D eigenvalue weighted by atomic mass is 35.5. The largest absolute Gasteiger partial charge is 0.508 e. The lowest BCUT2D eigenvalue weighted by molar-refractivity contribution is 0.0519. The van der Waals surface area contributed by atoms with Crippen molar-refractivity contribution in [1.29, 1.82) is 0 Å². The van der Waals surface area contributed by atoms with E-state index in [9.17, 15) is 14.3 Å². The smallest absolute Gasteiger partial charge is 0.356 e. The van der Waals surface area contributed by atoms with Gasteiger partial charge in [-0.3, -0.25) is 0 Å². The van der Waals surface area contributed by atoms with Crippen LogP contribution in [0.3, 0.4) is 0 Å². The Bertz CT molecular complexity index is 1030. The summed E-state index contributed by atoms with van der Waals surface area (Å²) in [5.74, 6) is -0.315. The maximum absolute atomic E-state index is 13.2. The molecule has 0 amide bonds. The maximum Gasteiger partial charge on any atom is 0.356 e. The molecule has 0 bridgehead atoms. The Labute approximate surface area is 172 Å². The zero-order valence-corrected chi connectivity index (χ0v) is 16.4. The minimum absolute atomic E-state index is 0.0775.